The molecule has 0 aromatic heterocycles. The van der Waals surface area contributed by atoms with Crippen molar-refractivity contribution in [1.82, 2.24) is 5.32 Å². The molecule has 0 heterocycles. The zero-order chi connectivity index (χ0) is 12.7. The Balaban J connectivity index is 2.18. The monoisotopic (exact) mass is 241 g/mol. The van der Waals surface area contributed by atoms with Gasteiger partial charge in [0, 0.05) is 6.07 Å². The Bertz CT molecular complexity index is 317. The van der Waals surface area contributed by atoms with E-state index in [1.807, 2.05) is 0 Å². The molecule has 0 unspecified atom stereocenters. The summed E-state index contributed by atoms with van der Waals surface area (Å²) in [5.74, 6) is -0.270. The van der Waals surface area contributed by atoms with Gasteiger partial charge in [-0.25, -0.2) is 8.78 Å². The summed E-state index contributed by atoms with van der Waals surface area (Å²) in [6, 6.07) is 3.68. The predicted octanol–water partition coefficient (Wildman–Crippen LogP) is 3.53. The third-order valence-corrected chi connectivity index (χ3v) is 2.65. The number of nitrogens with one attached hydrogen (secondary N) is 1. The molecule has 1 N–H and O–H groups in total. The molecule has 1 aromatic rings. The minimum Gasteiger partial charge on any atom is -0.316 e. The van der Waals surface area contributed by atoms with Crippen LogP contribution in [0.2, 0.25) is 0 Å². The van der Waals surface area contributed by atoms with Crippen LogP contribution >= 0.6 is 0 Å². The van der Waals surface area contributed by atoms with Gasteiger partial charge in [0.25, 0.3) is 0 Å². The van der Waals surface area contributed by atoms with Crippen LogP contribution in [0.25, 0.3) is 0 Å². The van der Waals surface area contributed by atoms with Crippen LogP contribution in [0.5, 0.6) is 0 Å². The molecule has 0 saturated carbocycles. The molecule has 0 amide bonds. The minimum atomic E-state index is -0.500. The van der Waals surface area contributed by atoms with Crippen LogP contribution in [-0.4, -0.2) is 13.1 Å². The van der Waals surface area contributed by atoms with Crippen molar-refractivity contribution in [3.8, 4) is 0 Å². The van der Waals surface area contributed by atoms with Gasteiger partial charge in [0.05, 0.1) is 0 Å². The van der Waals surface area contributed by atoms with E-state index < -0.39 is 11.6 Å². The summed E-state index contributed by atoms with van der Waals surface area (Å²) < 4.78 is 25.8. The molecule has 1 aromatic carbocycles. The van der Waals surface area contributed by atoms with Crippen molar-refractivity contribution in [3.63, 3.8) is 0 Å². The minimum absolute atomic E-state index is 0.500. The Morgan fingerprint density at radius 1 is 1.06 bits per heavy atom. The Kier molecular flexibility index (Phi) is 6.12. The fourth-order valence-electron chi connectivity index (χ4n) is 1.75. The molecular weight excluding hydrogens is 220 g/mol. The largest absolute Gasteiger partial charge is 0.316 e. The van der Waals surface area contributed by atoms with Crippen molar-refractivity contribution < 1.29 is 8.78 Å². The molecular formula is C14H21F2N. The molecule has 3 heteroatoms. The quantitative estimate of drug-likeness (QED) is 0.720. The van der Waals surface area contributed by atoms with Gasteiger partial charge < -0.3 is 5.32 Å². The second-order valence-corrected chi connectivity index (χ2v) is 4.81. The van der Waals surface area contributed by atoms with Crippen molar-refractivity contribution in [2.24, 2.45) is 5.92 Å². The fourth-order valence-corrected chi connectivity index (χ4v) is 1.75. The number of hydrogen-bond acceptors (Lipinski definition) is 1. The second-order valence-electron chi connectivity index (χ2n) is 4.81. The standard InChI is InChI=1S/C14H21F2N/c1-11(2)4-3-6-17-7-5-12-8-13(15)10-14(16)9-12/h8-11,17H,3-7H2,1-2H3. The van der Waals surface area contributed by atoms with E-state index in [0.717, 1.165) is 31.5 Å². The van der Waals surface area contributed by atoms with E-state index in [0.29, 0.717) is 12.0 Å². The Morgan fingerprint density at radius 2 is 1.71 bits per heavy atom. The van der Waals surface area contributed by atoms with E-state index in [-0.39, 0.29) is 0 Å². The summed E-state index contributed by atoms with van der Waals surface area (Å²) in [6.07, 6.45) is 3.02. The zero-order valence-corrected chi connectivity index (χ0v) is 10.6. The van der Waals surface area contributed by atoms with Crippen molar-refractivity contribution in [3.05, 3.63) is 35.4 Å². The van der Waals surface area contributed by atoms with Gasteiger partial charge in [-0.1, -0.05) is 13.8 Å². The van der Waals surface area contributed by atoms with Gasteiger partial charge in [-0.15, -0.1) is 0 Å². The van der Waals surface area contributed by atoms with Crippen LogP contribution in [0, 0.1) is 17.6 Å². The molecule has 0 aliphatic heterocycles. The number of halogens is 2. The molecule has 0 bridgehead atoms. The van der Waals surface area contributed by atoms with E-state index >= 15 is 0 Å². The highest BCUT2D eigenvalue weighted by Gasteiger charge is 2.00. The highest BCUT2D eigenvalue weighted by molar-refractivity contribution is 5.18. The van der Waals surface area contributed by atoms with Gasteiger partial charge in [0.2, 0.25) is 0 Å². The number of hydrogen-bond donors (Lipinski definition) is 1. The lowest BCUT2D eigenvalue weighted by atomic mass is 10.1. The average Bonchev–Trinajstić information content (AvgIpc) is 2.21. The van der Waals surface area contributed by atoms with Crippen LogP contribution < -0.4 is 5.32 Å². The lowest BCUT2D eigenvalue weighted by Gasteiger charge is -2.07. The van der Waals surface area contributed by atoms with Crippen LogP contribution in [0.3, 0.4) is 0 Å². The molecule has 1 nitrogen and oxygen atoms in total. The van der Waals surface area contributed by atoms with Gasteiger partial charge in [-0.3, -0.25) is 0 Å². The SMILES string of the molecule is CC(C)CCCNCCc1cc(F)cc(F)c1. The molecule has 0 aliphatic rings. The molecule has 0 saturated heterocycles. The molecule has 0 atom stereocenters. The summed E-state index contributed by atoms with van der Waals surface area (Å²) in [7, 11) is 0. The number of benzene rings is 1. The van der Waals surface area contributed by atoms with E-state index in [4.69, 9.17) is 0 Å². The first kappa shape index (κ1) is 14.1. The van der Waals surface area contributed by atoms with Gasteiger partial charge in [0.1, 0.15) is 11.6 Å². The Hall–Kier alpha value is -0.960. The van der Waals surface area contributed by atoms with Crippen LogP contribution in [0.4, 0.5) is 8.78 Å². The van der Waals surface area contributed by atoms with E-state index in [1.54, 1.807) is 0 Å². The van der Waals surface area contributed by atoms with Crippen molar-refractivity contribution >= 4 is 0 Å². The first-order valence-corrected chi connectivity index (χ1v) is 6.23. The van der Waals surface area contributed by atoms with Gasteiger partial charge >= 0.3 is 0 Å². The number of rotatable bonds is 7. The molecule has 0 aliphatic carbocycles. The zero-order valence-electron chi connectivity index (χ0n) is 10.6. The summed E-state index contributed by atoms with van der Waals surface area (Å²) in [5.41, 5.74) is 0.707. The molecule has 17 heavy (non-hydrogen) atoms. The molecule has 0 radical (unpaired) electrons. The maximum absolute atomic E-state index is 12.9. The summed E-state index contributed by atoms with van der Waals surface area (Å²) >= 11 is 0. The van der Waals surface area contributed by atoms with Gasteiger partial charge in [-0.2, -0.15) is 0 Å². The first-order chi connectivity index (χ1) is 8.08. The fraction of sp³-hybridized carbons (Fsp3) is 0.571. The molecule has 1 rings (SSSR count). The van der Waals surface area contributed by atoms with E-state index in [9.17, 15) is 8.78 Å². The van der Waals surface area contributed by atoms with Gasteiger partial charge in [0.15, 0.2) is 0 Å². The van der Waals surface area contributed by atoms with E-state index in [1.165, 1.54) is 18.6 Å². The predicted molar refractivity (Wildman–Crippen MR) is 67.0 cm³/mol. The summed E-state index contributed by atoms with van der Waals surface area (Å²) in [5, 5.41) is 3.28. The third-order valence-electron chi connectivity index (χ3n) is 2.65. The normalized spacial score (nSPS) is 11.1. The maximum Gasteiger partial charge on any atom is 0.126 e. The van der Waals surface area contributed by atoms with Gasteiger partial charge in [-0.05, 0) is 56.0 Å². The van der Waals surface area contributed by atoms with Crippen LogP contribution in [-0.2, 0) is 6.42 Å². The highest BCUT2D eigenvalue weighted by atomic mass is 19.1. The highest BCUT2D eigenvalue weighted by Crippen LogP contribution is 2.08. The lowest BCUT2D eigenvalue weighted by molar-refractivity contribution is 0.527. The topological polar surface area (TPSA) is 12.0 Å². The summed E-state index contributed by atoms with van der Waals surface area (Å²) in [4.78, 5) is 0. The third kappa shape index (κ3) is 6.37. The summed E-state index contributed by atoms with van der Waals surface area (Å²) in [6.45, 7) is 6.14. The first-order valence-electron chi connectivity index (χ1n) is 6.23. The van der Waals surface area contributed by atoms with E-state index in [2.05, 4.69) is 19.2 Å². The van der Waals surface area contributed by atoms with Crippen LogP contribution in [0.15, 0.2) is 18.2 Å². The Labute approximate surface area is 102 Å². The second kappa shape index (κ2) is 7.38. The lowest BCUT2D eigenvalue weighted by Crippen LogP contribution is -2.19. The van der Waals surface area contributed by atoms with Crippen molar-refractivity contribution in [2.45, 2.75) is 33.1 Å². The smallest absolute Gasteiger partial charge is 0.126 e. The maximum atomic E-state index is 12.9. The Morgan fingerprint density at radius 3 is 2.29 bits per heavy atom. The molecule has 0 spiro atoms. The van der Waals surface area contributed by atoms with Crippen molar-refractivity contribution in [1.29, 1.82) is 0 Å². The average molecular weight is 241 g/mol. The van der Waals surface area contributed by atoms with Crippen molar-refractivity contribution in [2.75, 3.05) is 13.1 Å². The van der Waals surface area contributed by atoms with Crippen LogP contribution in [0.1, 0.15) is 32.3 Å². The molecule has 96 valence electrons. The molecule has 0 fully saturated rings.